The SMILES string of the molecule is CC1CC1c1ccc(CN(C(=O)CN2C(=O)NC3(CCCCC3)C2=O)C2CC2)o1. The predicted molar refractivity (Wildman–Crippen MR) is 105 cm³/mol. The Hall–Kier alpha value is -2.31. The number of rotatable bonds is 6. The van der Waals surface area contributed by atoms with E-state index in [0.29, 0.717) is 31.2 Å². The van der Waals surface area contributed by atoms with E-state index < -0.39 is 11.6 Å². The molecular formula is C22H29N3O4. The molecule has 7 nitrogen and oxygen atoms in total. The number of furan rings is 1. The minimum atomic E-state index is -0.781. The van der Waals surface area contributed by atoms with Crippen LogP contribution in [0.1, 0.15) is 75.7 Å². The molecule has 1 saturated heterocycles. The van der Waals surface area contributed by atoms with Crippen molar-refractivity contribution in [2.24, 2.45) is 5.92 Å². The zero-order chi connectivity index (χ0) is 20.2. The molecule has 3 aliphatic carbocycles. The Labute approximate surface area is 170 Å². The van der Waals surface area contributed by atoms with Crippen LogP contribution in [0.5, 0.6) is 0 Å². The van der Waals surface area contributed by atoms with E-state index in [0.717, 1.165) is 54.9 Å². The topological polar surface area (TPSA) is 82.9 Å². The van der Waals surface area contributed by atoms with Crippen molar-refractivity contribution in [3.8, 4) is 0 Å². The molecule has 0 radical (unpaired) electrons. The highest BCUT2D eigenvalue weighted by molar-refractivity contribution is 6.09. The largest absolute Gasteiger partial charge is 0.464 e. The van der Waals surface area contributed by atoms with Gasteiger partial charge >= 0.3 is 6.03 Å². The second-order valence-corrected chi connectivity index (χ2v) is 9.34. The summed E-state index contributed by atoms with van der Waals surface area (Å²) < 4.78 is 5.99. The lowest BCUT2D eigenvalue weighted by Crippen LogP contribution is -2.49. The third-order valence-electron chi connectivity index (χ3n) is 7.04. The van der Waals surface area contributed by atoms with E-state index >= 15 is 0 Å². The molecule has 1 N–H and O–H groups in total. The van der Waals surface area contributed by atoms with Gasteiger partial charge < -0.3 is 14.6 Å². The number of urea groups is 1. The number of nitrogens with one attached hydrogen (secondary N) is 1. The van der Waals surface area contributed by atoms with Crippen molar-refractivity contribution >= 4 is 17.8 Å². The smallest absolute Gasteiger partial charge is 0.325 e. The molecule has 3 saturated carbocycles. The molecule has 7 heteroatoms. The molecule has 4 amide bonds. The second-order valence-electron chi connectivity index (χ2n) is 9.34. The molecule has 2 unspecified atom stereocenters. The number of amides is 4. The lowest BCUT2D eigenvalue weighted by atomic mass is 9.82. The van der Waals surface area contributed by atoms with Crippen LogP contribution in [0.15, 0.2) is 16.5 Å². The van der Waals surface area contributed by atoms with Gasteiger partial charge in [-0.2, -0.15) is 0 Å². The third-order valence-corrected chi connectivity index (χ3v) is 7.04. The second kappa shape index (κ2) is 6.89. The number of carbonyl (C=O) groups excluding carboxylic acids is 3. The quantitative estimate of drug-likeness (QED) is 0.745. The molecule has 2 atom stereocenters. The highest BCUT2D eigenvalue weighted by atomic mass is 16.3. The average molecular weight is 399 g/mol. The van der Waals surface area contributed by atoms with Crippen LogP contribution in [0, 0.1) is 5.92 Å². The van der Waals surface area contributed by atoms with E-state index in [-0.39, 0.29) is 24.4 Å². The van der Waals surface area contributed by atoms with Crippen molar-refractivity contribution in [3.05, 3.63) is 23.7 Å². The van der Waals surface area contributed by atoms with Crippen LogP contribution in [0.25, 0.3) is 0 Å². The normalized spacial score (nSPS) is 28.0. The van der Waals surface area contributed by atoms with E-state index in [2.05, 4.69) is 12.2 Å². The Kier molecular flexibility index (Phi) is 4.44. The van der Waals surface area contributed by atoms with Gasteiger partial charge in [0.15, 0.2) is 0 Å². The van der Waals surface area contributed by atoms with Crippen molar-refractivity contribution in [1.29, 1.82) is 0 Å². The zero-order valence-corrected chi connectivity index (χ0v) is 17.0. The monoisotopic (exact) mass is 399 g/mol. The van der Waals surface area contributed by atoms with Gasteiger partial charge in [-0.25, -0.2) is 4.79 Å². The lowest BCUT2D eigenvalue weighted by molar-refractivity contribution is -0.140. The van der Waals surface area contributed by atoms with Gasteiger partial charge in [-0.3, -0.25) is 14.5 Å². The molecule has 1 aromatic heterocycles. The number of hydrogen-bond acceptors (Lipinski definition) is 4. The van der Waals surface area contributed by atoms with Gasteiger partial charge in [0.2, 0.25) is 5.91 Å². The zero-order valence-electron chi connectivity index (χ0n) is 17.0. The molecular weight excluding hydrogens is 370 g/mol. The Bertz CT molecular complexity index is 837. The maximum atomic E-state index is 13.1. The Morgan fingerprint density at radius 2 is 1.97 bits per heavy atom. The molecule has 29 heavy (non-hydrogen) atoms. The summed E-state index contributed by atoms with van der Waals surface area (Å²) in [5.41, 5.74) is -0.781. The summed E-state index contributed by atoms with van der Waals surface area (Å²) in [6.07, 6.45) is 7.37. The van der Waals surface area contributed by atoms with Crippen LogP contribution in [0.4, 0.5) is 4.79 Å². The molecule has 5 rings (SSSR count). The van der Waals surface area contributed by atoms with Crippen LogP contribution in [0.2, 0.25) is 0 Å². The first-order valence-electron chi connectivity index (χ1n) is 11.0. The molecule has 1 spiro atoms. The summed E-state index contributed by atoms with van der Waals surface area (Å²) in [6, 6.07) is 3.72. The first kappa shape index (κ1) is 18.7. The van der Waals surface area contributed by atoms with E-state index in [4.69, 9.17) is 4.42 Å². The van der Waals surface area contributed by atoms with E-state index in [1.165, 1.54) is 0 Å². The molecule has 0 aromatic carbocycles. The number of nitrogens with zero attached hydrogens (tertiary/aromatic N) is 2. The summed E-state index contributed by atoms with van der Waals surface area (Å²) >= 11 is 0. The number of imide groups is 1. The molecule has 0 bridgehead atoms. The van der Waals surface area contributed by atoms with Crippen molar-refractivity contribution in [3.63, 3.8) is 0 Å². The molecule has 1 aromatic rings. The van der Waals surface area contributed by atoms with Crippen LogP contribution in [-0.4, -0.2) is 45.8 Å². The standard InChI is InChI=1S/C22H29N3O4/c1-14-11-17(14)18-8-7-16(29-18)12-24(15-5-6-15)19(26)13-25-20(27)22(23-21(25)28)9-3-2-4-10-22/h7-8,14-15,17H,2-6,9-13H2,1H3,(H,23,28). The Morgan fingerprint density at radius 3 is 2.62 bits per heavy atom. The summed E-state index contributed by atoms with van der Waals surface area (Å²) in [5, 5.41) is 2.88. The maximum Gasteiger partial charge on any atom is 0.325 e. The fraction of sp³-hybridized carbons (Fsp3) is 0.682. The minimum Gasteiger partial charge on any atom is -0.464 e. The van der Waals surface area contributed by atoms with Crippen molar-refractivity contribution < 1.29 is 18.8 Å². The summed E-state index contributed by atoms with van der Waals surface area (Å²) in [6.45, 7) is 2.43. The van der Waals surface area contributed by atoms with Gasteiger partial charge in [0.1, 0.15) is 23.6 Å². The highest BCUT2D eigenvalue weighted by Crippen LogP contribution is 2.47. The molecule has 156 valence electrons. The third kappa shape index (κ3) is 3.45. The van der Waals surface area contributed by atoms with Gasteiger partial charge in [-0.15, -0.1) is 0 Å². The highest BCUT2D eigenvalue weighted by Gasteiger charge is 2.52. The molecule has 1 aliphatic heterocycles. The average Bonchev–Trinajstić information content (AvgIpc) is 3.62. The van der Waals surface area contributed by atoms with Gasteiger partial charge in [0.05, 0.1) is 6.54 Å². The molecule has 2 heterocycles. The van der Waals surface area contributed by atoms with Crippen LogP contribution < -0.4 is 5.32 Å². The lowest BCUT2D eigenvalue weighted by Gasteiger charge is -2.30. The number of carbonyl (C=O) groups is 3. The fourth-order valence-electron chi connectivity index (χ4n) is 4.91. The van der Waals surface area contributed by atoms with E-state index in [1.54, 1.807) is 4.90 Å². The van der Waals surface area contributed by atoms with Crippen molar-refractivity contribution in [1.82, 2.24) is 15.1 Å². The maximum absolute atomic E-state index is 13.1. The summed E-state index contributed by atoms with van der Waals surface area (Å²) in [7, 11) is 0. The first-order chi connectivity index (χ1) is 14.0. The van der Waals surface area contributed by atoms with E-state index in [9.17, 15) is 14.4 Å². The summed E-state index contributed by atoms with van der Waals surface area (Å²) in [5.74, 6) is 2.55. The van der Waals surface area contributed by atoms with Gasteiger partial charge in [-0.05, 0) is 50.2 Å². The van der Waals surface area contributed by atoms with Crippen molar-refractivity contribution in [2.75, 3.05) is 6.54 Å². The Morgan fingerprint density at radius 1 is 1.24 bits per heavy atom. The van der Waals surface area contributed by atoms with Crippen LogP contribution in [-0.2, 0) is 16.1 Å². The predicted octanol–water partition coefficient (Wildman–Crippen LogP) is 3.15. The molecule has 4 fully saturated rings. The van der Waals surface area contributed by atoms with Gasteiger partial charge in [0.25, 0.3) is 5.91 Å². The number of hydrogen-bond donors (Lipinski definition) is 1. The van der Waals surface area contributed by atoms with Crippen LogP contribution in [0.3, 0.4) is 0 Å². The molecule has 4 aliphatic rings. The fourth-order valence-corrected chi connectivity index (χ4v) is 4.91. The van der Waals surface area contributed by atoms with Gasteiger partial charge in [-0.1, -0.05) is 26.2 Å². The van der Waals surface area contributed by atoms with Crippen LogP contribution >= 0.6 is 0 Å². The van der Waals surface area contributed by atoms with Gasteiger partial charge in [0, 0.05) is 12.0 Å². The Balaban J connectivity index is 1.26. The van der Waals surface area contributed by atoms with E-state index in [1.807, 2.05) is 12.1 Å². The summed E-state index contributed by atoms with van der Waals surface area (Å²) in [4.78, 5) is 41.4. The van der Waals surface area contributed by atoms with Crippen molar-refractivity contribution in [2.45, 2.75) is 82.3 Å². The first-order valence-corrected chi connectivity index (χ1v) is 11.0. The minimum absolute atomic E-state index is 0.179.